The number of benzene rings is 8. The van der Waals surface area contributed by atoms with Gasteiger partial charge in [0, 0.05) is 71.1 Å². The molecule has 3 aliphatic heterocycles. The van der Waals surface area contributed by atoms with Crippen LogP contribution in [0.2, 0.25) is 0 Å². The molecule has 0 N–H and O–H groups in total. The summed E-state index contributed by atoms with van der Waals surface area (Å²) >= 11 is 1.92. The quantitative estimate of drug-likeness (QED) is 0.159. The highest BCUT2D eigenvalue weighted by atomic mass is 32.1. The zero-order chi connectivity index (χ0) is 56.1. The van der Waals surface area contributed by atoms with Crippen molar-refractivity contribution in [2.75, 3.05) is 14.7 Å². The zero-order valence-corrected chi connectivity index (χ0v) is 51.2. The van der Waals surface area contributed by atoms with Gasteiger partial charge in [-0.2, -0.15) is 0 Å². The molecule has 8 aromatic carbocycles. The summed E-state index contributed by atoms with van der Waals surface area (Å²) in [5.41, 5.74) is 26.1. The molecule has 0 amide bonds. The van der Waals surface area contributed by atoms with Crippen molar-refractivity contribution in [3.63, 3.8) is 0 Å². The summed E-state index contributed by atoms with van der Waals surface area (Å²) < 4.78 is 2.65. The third-order valence-electron chi connectivity index (χ3n) is 22.1. The molecule has 1 aromatic heterocycles. The molecule has 6 aliphatic rings. The fourth-order valence-corrected chi connectivity index (χ4v) is 17.8. The molecule has 5 heteroatoms. The molecule has 4 heterocycles. The van der Waals surface area contributed by atoms with E-state index in [-0.39, 0.29) is 44.7 Å². The van der Waals surface area contributed by atoms with E-state index in [1.165, 1.54) is 166 Å². The Morgan fingerprint density at radius 2 is 1.04 bits per heavy atom. The summed E-state index contributed by atoms with van der Waals surface area (Å²) in [6, 6.07) is 60.8. The first-order valence-corrected chi connectivity index (χ1v) is 31.5. The number of thiophene rings is 1. The zero-order valence-electron chi connectivity index (χ0n) is 50.4. The second-order valence-corrected chi connectivity index (χ2v) is 30.9. The predicted molar refractivity (Wildman–Crippen MR) is 351 cm³/mol. The lowest BCUT2D eigenvalue weighted by atomic mass is 9.33. The largest absolute Gasteiger partial charge is 0.335 e. The Balaban J connectivity index is 1.05. The molecule has 0 spiro atoms. The summed E-state index contributed by atoms with van der Waals surface area (Å²) in [6.45, 7) is 32.3. The Bertz CT molecular complexity index is 4050. The number of hydrogen-bond donors (Lipinski definition) is 0. The van der Waals surface area contributed by atoms with Gasteiger partial charge in [-0.3, -0.25) is 0 Å². The highest BCUT2D eigenvalue weighted by Gasteiger charge is 2.62. The second-order valence-electron chi connectivity index (χ2n) is 29.8. The first-order valence-electron chi connectivity index (χ1n) is 30.7. The SMILES string of the molecule is CC(C)(C)c1cc2c3c(c1)C1(C)CCCCC1(C)N3c1cc(-c3ccccc3)cc3c1B2c1ccc(N(c2ccc4c(c2)C(C)(C)CCC4(C)C)c2ccc4c(c2)C(C)(C)CCC4(C)C)cc1N3c1ccc2c(c1)sc1ccccc12. The van der Waals surface area contributed by atoms with E-state index >= 15 is 0 Å². The van der Waals surface area contributed by atoms with E-state index in [0.29, 0.717) is 0 Å². The summed E-state index contributed by atoms with van der Waals surface area (Å²) in [5.74, 6) is 0. The molecular weight excluding hydrogens is 998 g/mol. The van der Waals surface area contributed by atoms with Crippen LogP contribution >= 0.6 is 11.3 Å². The van der Waals surface area contributed by atoms with Gasteiger partial charge < -0.3 is 14.7 Å². The molecule has 9 aromatic rings. The van der Waals surface area contributed by atoms with Crippen molar-refractivity contribution in [2.24, 2.45) is 0 Å². The molecule has 2 unspecified atom stereocenters. The number of fused-ring (bicyclic) bond motifs is 12. The Kier molecular flexibility index (Phi) is 10.8. The molecule has 3 aliphatic carbocycles. The summed E-state index contributed by atoms with van der Waals surface area (Å²) in [5, 5.41) is 2.65. The van der Waals surface area contributed by atoms with Gasteiger partial charge in [0.15, 0.2) is 0 Å². The molecule has 0 radical (unpaired) electrons. The minimum absolute atomic E-state index is 0.0137. The highest BCUT2D eigenvalue weighted by molar-refractivity contribution is 7.25. The lowest BCUT2D eigenvalue weighted by Crippen LogP contribution is -2.64. The standard InChI is InChI=1S/C76H80BN3S/c1-70(2,3)49-41-60-69-62(42-49)77-61-32-28-52(78(50-26-30-56-58(43-50)73(8,9)37-35-71(56,4)5)51-27-31-57-59(44-51)74(10,11)38-36-72(57,6)7)45-63(61)79(53-25-29-55-54-23-17-18-24-66(54)81-67(55)46-53)64-39-48(47-21-15-14-16-22-47)40-65(68(64)77)80(69)76(13)34-20-19-33-75(60,76)12/h14-18,21-32,39-46H,19-20,33-38H2,1-13H3. The minimum atomic E-state index is -0.102. The van der Waals surface area contributed by atoms with Crippen LogP contribution in [-0.2, 0) is 32.5 Å². The van der Waals surface area contributed by atoms with E-state index in [0.717, 1.165) is 6.42 Å². The molecule has 81 heavy (non-hydrogen) atoms. The van der Waals surface area contributed by atoms with Gasteiger partial charge in [-0.15, -0.1) is 11.3 Å². The lowest BCUT2D eigenvalue weighted by Gasteiger charge is -2.53. The van der Waals surface area contributed by atoms with E-state index in [1.807, 2.05) is 11.3 Å². The topological polar surface area (TPSA) is 9.72 Å². The summed E-state index contributed by atoms with van der Waals surface area (Å²) in [7, 11) is 0. The molecule has 1 fully saturated rings. The summed E-state index contributed by atoms with van der Waals surface area (Å²) in [6.07, 6.45) is 9.56. The second kappa shape index (κ2) is 17.0. The molecular formula is C76H80BN3S. The van der Waals surface area contributed by atoms with E-state index < -0.39 is 0 Å². The van der Waals surface area contributed by atoms with Crippen LogP contribution < -0.4 is 31.1 Å². The molecule has 0 saturated heterocycles. The van der Waals surface area contributed by atoms with E-state index in [1.54, 1.807) is 5.56 Å². The molecule has 3 nitrogen and oxygen atoms in total. The van der Waals surface area contributed by atoms with Crippen molar-refractivity contribution in [2.45, 2.75) is 179 Å². The third kappa shape index (κ3) is 7.31. The van der Waals surface area contributed by atoms with Crippen LogP contribution in [0.1, 0.15) is 175 Å². The smallest absolute Gasteiger partial charge is 0.252 e. The highest BCUT2D eigenvalue weighted by Crippen LogP contribution is 2.63. The van der Waals surface area contributed by atoms with Crippen molar-refractivity contribution in [3.8, 4) is 11.1 Å². The minimum Gasteiger partial charge on any atom is -0.335 e. The van der Waals surface area contributed by atoms with Crippen molar-refractivity contribution >= 4 is 100 Å². The van der Waals surface area contributed by atoms with Crippen LogP contribution in [0.3, 0.4) is 0 Å². The first-order chi connectivity index (χ1) is 38.5. The van der Waals surface area contributed by atoms with Crippen LogP contribution in [0.25, 0.3) is 31.3 Å². The first kappa shape index (κ1) is 51.3. The van der Waals surface area contributed by atoms with Crippen LogP contribution in [-0.4, -0.2) is 12.3 Å². The van der Waals surface area contributed by atoms with Crippen LogP contribution in [0, 0.1) is 0 Å². The number of hydrogen-bond acceptors (Lipinski definition) is 4. The van der Waals surface area contributed by atoms with E-state index in [4.69, 9.17) is 0 Å². The normalized spacial score (nSPS) is 22.2. The number of anilines is 8. The molecule has 408 valence electrons. The number of rotatable bonds is 5. The maximum absolute atomic E-state index is 2.91. The molecule has 0 bridgehead atoms. The fourth-order valence-electron chi connectivity index (χ4n) is 16.7. The van der Waals surface area contributed by atoms with Gasteiger partial charge in [-0.1, -0.05) is 181 Å². The molecule has 1 saturated carbocycles. The Morgan fingerprint density at radius 3 is 1.70 bits per heavy atom. The van der Waals surface area contributed by atoms with Gasteiger partial charge in [0.05, 0.1) is 5.54 Å². The van der Waals surface area contributed by atoms with Crippen molar-refractivity contribution in [1.29, 1.82) is 0 Å². The third-order valence-corrected chi connectivity index (χ3v) is 23.2. The molecule has 15 rings (SSSR count). The Hall–Kier alpha value is -6.56. The molecule has 2 atom stereocenters. The van der Waals surface area contributed by atoms with Crippen LogP contribution in [0.15, 0.2) is 152 Å². The van der Waals surface area contributed by atoms with E-state index in [2.05, 4.69) is 256 Å². The fraction of sp³-hybridized carbons (Fsp3) is 0.368. The van der Waals surface area contributed by atoms with Gasteiger partial charge >= 0.3 is 0 Å². The lowest BCUT2D eigenvalue weighted by molar-refractivity contribution is 0.195. The maximum atomic E-state index is 2.91. The van der Waals surface area contributed by atoms with Crippen molar-refractivity contribution in [3.05, 3.63) is 185 Å². The Labute approximate surface area is 487 Å². The van der Waals surface area contributed by atoms with Crippen LogP contribution in [0.4, 0.5) is 45.5 Å². The van der Waals surface area contributed by atoms with Gasteiger partial charge in [0.25, 0.3) is 6.71 Å². The Morgan fingerprint density at radius 1 is 0.457 bits per heavy atom. The average Bonchev–Trinajstić information content (AvgIpc) is 3.25. The van der Waals surface area contributed by atoms with Crippen molar-refractivity contribution in [1.82, 2.24) is 0 Å². The average molecular weight is 1080 g/mol. The van der Waals surface area contributed by atoms with Gasteiger partial charge in [0.1, 0.15) is 0 Å². The van der Waals surface area contributed by atoms with Gasteiger partial charge in [-0.05, 0) is 200 Å². The van der Waals surface area contributed by atoms with Gasteiger partial charge in [-0.25, -0.2) is 0 Å². The summed E-state index contributed by atoms with van der Waals surface area (Å²) in [4.78, 5) is 8.26. The van der Waals surface area contributed by atoms with Crippen LogP contribution in [0.5, 0.6) is 0 Å². The van der Waals surface area contributed by atoms with Crippen molar-refractivity contribution < 1.29 is 0 Å². The monoisotopic (exact) mass is 1080 g/mol. The number of nitrogens with zero attached hydrogens (tertiary/aromatic N) is 3. The van der Waals surface area contributed by atoms with E-state index in [9.17, 15) is 0 Å². The van der Waals surface area contributed by atoms with Gasteiger partial charge in [0.2, 0.25) is 0 Å². The predicted octanol–water partition coefficient (Wildman–Crippen LogP) is 19.5. The maximum Gasteiger partial charge on any atom is 0.252 e.